The van der Waals surface area contributed by atoms with Crippen LogP contribution in [0.25, 0.3) is 5.57 Å². The van der Waals surface area contributed by atoms with Crippen LogP contribution in [0.5, 0.6) is 0 Å². The van der Waals surface area contributed by atoms with E-state index in [-0.39, 0.29) is 11.3 Å². The minimum absolute atomic E-state index is 0.0449. The molecule has 4 heteroatoms. The molecule has 35 heavy (non-hydrogen) atoms. The standard InChI is InChI=1S/C31H37N3O/c1-7-21(3)24-12-16-32-29(19-24)23(8-2)20-33-22(4)25-11-13-31(14-15-31)28-10-9-26(18-27(28)17-25)30(35)34(5)6/h8-12,16,18-21H,2,7,13-15,17H2,1,3-6H3/b23-20+,33-22?. The molecule has 0 radical (unpaired) electrons. The first-order valence-electron chi connectivity index (χ1n) is 12.7. The second kappa shape index (κ2) is 10.2. The van der Waals surface area contributed by atoms with Crippen molar-refractivity contribution in [3.63, 3.8) is 0 Å². The number of aliphatic imine (C=N–C) groups is 1. The number of fused-ring (bicyclic) bond motifs is 2. The van der Waals surface area contributed by atoms with Crippen LogP contribution in [0.3, 0.4) is 0 Å². The maximum absolute atomic E-state index is 12.6. The number of carbonyl (C=O) groups excluding carboxylic acids is 1. The zero-order valence-electron chi connectivity index (χ0n) is 21.8. The van der Waals surface area contributed by atoms with E-state index in [1.54, 1.807) is 19.0 Å². The van der Waals surface area contributed by atoms with Crippen molar-refractivity contribution >= 4 is 17.2 Å². The minimum Gasteiger partial charge on any atom is -0.345 e. The number of aromatic nitrogens is 1. The number of amides is 1. The lowest BCUT2D eigenvalue weighted by Crippen LogP contribution is -2.22. The van der Waals surface area contributed by atoms with E-state index in [0.29, 0.717) is 5.92 Å². The molecule has 1 atom stereocenters. The number of allylic oxidation sites excluding steroid dienone is 4. The fraction of sp³-hybridized carbons (Fsp3) is 0.387. The molecule has 1 aromatic heterocycles. The van der Waals surface area contributed by atoms with Crippen molar-refractivity contribution in [1.82, 2.24) is 9.88 Å². The number of hydrogen-bond acceptors (Lipinski definition) is 3. The van der Waals surface area contributed by atoms with Crippen LogP contribution >= 0.6 is 0 Å². The largest absolute Gasteiger partial charge is 0.345 e. The molecule has 2 aliphatic rings. The molecule has 1 unspecified atom stereocenters. The highest BCUT2D eigenvalue weighted by atomic mass is 16.2. The van der Waals surface area contributed by atoms with Crippen molar-refractivity contribution in [2.24, 2.45) is 4.99 Å². The summed E-state index contributed by atoms with van der Waals surface area (Å²) in [6.07, 6.45) is 13.3. The van der Waals surface area contributed by atoms with E-state index in [4.69, 9.17) is 4.99 Å². The van der Waals surface area contributed by atoms with Crippen molar-refractivity contribution in [2.45, 2.75) is 64.2 Å². The Balaban J connectivity index is 1.64. The van der Waals surface area contributed by atoms with E-state index in [2.05, 4.69) is 62.7 Å². The van der Waals surface area contributed by atoms with Crippen molar-refractivity contribution in [3.8, 4) is 0 Å². The monoisotopic (exact) mass is 467 g/mol. The van der Waals surface area contributed by atoms with Gasteiger partial charge in [-0.05, 0) is 96.9 Å². The van der Waals surface area contributed by atoms with Gasteiger partial charge in [0, 0.05) is 43.3 Å². The zero-order valence-corrected chi connectivity index (χ0v) is 21.8. The molecule has 4 rings (SSSR count). The molecule has 1 aromatic carbocycles. The summed E-state index contributed by atoms with van der Waals surface area (Å²) in [5.74, 6) is 0.534. The second-order valence-corrected chi connectivity index (χ2v) is 10.2. The van der Waals surface area contributed by atoms with Crippen molar-refractivity contribution in [1.29, 1.82) is 0 Å². The van der Waals surface area contributed by atoms with Gasteiger partial charge in [0.15, 0.2) is 0 Å². The smallest absolute Gasteiger partial charge is 0.253 e. The predicted octanol–water partition coefficient (Wildman–Crippen LogP) is 6.89. The lowest BCUT2D eigenvalue weighted by Gasteiger charge is -2.18. The van der Waals surface area contributed by atoms with Crippen molar-refractivity contribution in [3.05, 3.63) is 95.0 Å². The first kappa shape index (κ1) is 24.8. The Labute approximate surface area is 210 Å². The van der Waals surface area contributed by atoms with Crippen molar-refractivity contribution < 1.29 is 4.79 Å². The van der Waals surface area contributed by atoms with Gasteiger partial charge in [-0.15, -0.1) is 0 Å². The molecular formula is C31H37N3O. The molecule has 0 aliphatic heterocycles. The third-order valence-electron chi connectivity index (χ3n) is 7.65. The molecule has 182 valence electrons. The van der Waals surface area contributed by atoms with E-state index in [1.807, 2.05) is 24.5 Å². The predicted molar refractivity (Wildman–Crippen MR) is 146 cm³/mol. The van der Waals surface area contributed by atoms with Gasteiger partial charge in [0.1, 0.15) is 0 Å². The highest BCUT2D eigenvalue weighted by molar-refractivity contribution is 6.00. The Bertz CT molecular complexity index is 1230. The van der Waals surface area contributed by atoms with E-state index in [0.717, 1.165) is 41.8 Å². The second-order valence-electron chi connectivity index (χ2n) is 10.2. The van der Waals surface area contributed by atoms with Gasteiger partial charge in [0.05, 0.1) is 5.69 Å². The van der Waals surface area contributed by atoms with Crippen LogP contribution in [0, 0.1) is 0 Å². The maximum Gasteiger partial charge on any atom is 0.253 e. The van der Waals surface area contributed by atoms with Crippen LogP contribution in [0.2, 0.25) is 0 Å². The van der Waals surface area contributed by atoms with E-state index >= 15 is 0 Å². The number of rotatable bonds is 7. The lowest BCUT2D eigenvalue weighted by atomic mass is 9.88. The quantitative estimate of drug-likeness (QED) is 0.329. The number of carbonyl (C=O) groups is 1. The first-order valence-corrected chi connectivity index (χ1v) is 12.7. The summed E-state index contributed by atoms with van der Waals surface area (Å²) in [5, 5.41) is 0. The minimum atomic E-state index is 0.0449. The Hall–Kier alpha value is -3.27. The van der Waals surface area contributed by atoms with Crippen LogP contribution in [-0.4, -0.2) is 35.6 Å². The molecule has 0 bridgehead atoms. The third kappa shape index (κ3) is 5.22. The third-order valence-corrected chi connectivity index (χ3v) is 7.65. The van der Waals surface area contributed by atoms with Crippen LogP contribution in [0.1, 0.15) is 85.1 Å². The summed E-state index contributed by atoms with van der Waals surface area (Å²) in [6.45, 7) is 10.5. The Morgan fingerprint density at radius 2 is 2.03 bits per heavy atom. The van der Waals surface area contributed by atoms with Gasteiger partial charge in [0.25, 0.3) is 5.91 Å². The topological polar surface area (TPSA) is 45.6 Å². The summed E-state index contributed by atoms with van der Waals surface area (Å²) in [5.41, 5.74) is 8.97. The summed E-state index contributed by atoms with van der Waals surface area (Å²) >= 11 is 0. The Morgan fingerprint density at radius 3 is 2.69 bits per heavy atom. The molecular weight excluding hydrogens is 430 g/mol. The average Bonchev–Trinajstić information content (AvgIpc) is 3.68. The normalized spacial score (nSPS) is 17.8. The molecule has 0 N–H and O–H groups in total. The highest BCUT2D eigenvalue weighted by Crippen LogP contribution is 2.54. The van der Waals surface area contributed by atoms with E-state index in [1.165, 1.54) is 35.1 Å². The van der Waals surface area contributed by atoms with E-state index < -0.39 is 0 Å². The molecule has 0 saturated heterocycles. The molecule has 4 nitrogen and oxygen atoms in total. The van der Waals surface area contributed by atoms with Gasteiger partial charge in [-0.3, -0.25) is 14.8 Å². The molecule has 1 saturated carbocycles. The Kier molecular flexibility index (Phi) is 7.20. The molecule has 1 spiro atoms. The van der Waals surface area contributed by atoms with E-state index in [9.17, 15) is 4.79 Å². The number of pyridine rings is 1. The van der Waals surface area contributed by atoms with Gasteiger partial charge < -0.3 is 4.90 Å². The molecule has 1 amide bonds. The summed E-state index contributed by atoms with van der Waals surface area (Å²) in [4.78, 5) is 23.7. The number of nitrogens with zero attached hydrogens (tertiary/aromatic N) is 3. The molecule has 2 aromatic rings. The zero-order chi connectivity index (χ0) is 25.2. The van der Waals surface area contributed by atoms with Gasteiger partial charge in [-0.1, -0.05) is 38.6 Å². The van der Waals surface area contributed by atoms with Crippen molar-refractivity contribution in [2.75, 3.05) is 14.1 Å². The first-order chi connectivity index (χ1) is 16.8. The van der Waals surface area contributed by atoms with Crippen LogP contribution in [0.4, 0.5) is 0 Å². The molecule has 1 heterocycles. The van der Waals surface area contributed by atoms with Gasteiger partial charge in [0.2, 0.25) is 0 Å². The average molecular weight is 468 g/mol. The van der Waals surface area contributed by atoms with Gasteiger partial charge in [-0.25, -0.2) is 0 Å². The lowest BCUT2D eigenvalue weighted by molar-refractivity contribution is 0.0827. The number of hydrogen-bond donors (Lipinski definition) is 0. The summed E-state index contributed by atoms with van der Waals surface area (Å²) < 4.78 is 0. The fourth-order valence-electron chi connectivity index (χ4n) is 4.87. The SMILES string of the molecule is C=C/C(=C\N=C(C)C1=CCC2(CC2)c2ccc(C(=O)N(C)C)cc2C1)c1cc(C(C)CC)ccn1. The highest BCUT2D eigenvalue weighted by Gasteiger charge is 2.45. The summed E-state index contributed by atoms with van der Waals surface area (Å²) in [7, 11) is 3.60. The number of benzene rings is 1. The van der Waals surface area contributed by atoms with Crippen LogP contribution in [0.15, 0.2) is 72.0 Å². The van der Waals surface area contributed by atoms with Crippen LogP contribution in [-0.2, 0) is 11.8 Å². The van der Waals surface area contributed by atoms with Crippen LogP contribution < -0.4 is 0 Å². The Morgan fingerprint density at radius 1 is 1.26 bits per heavy atom. The molecule has 2 aliphatic carbocycles. The maximum atomic E-state index is 12.6. The fourth-order valence-corrected chi connectivity index (χ4v) is 4.87. The van der Waals surface area contributed by atoms with Gasteiger partial charge in [-0.2, -0.15) is 0 Å². The van der Waals surface area contributed by atoms with Gasteiger partial charge >= 0.3 is 0 Å². The summed E-state index contributed by atoms with van der Waals surface area (Å²) in [6, 6.07) is 10.5. The molecule has 1 fully saturated rings.